The number of benzene rings is 1. The standard InChI is InChI=1S/C17H27NO5S/c1-6-7-10-22-12-8-9-14-13(11-12)15(18(4)24(5,20)21)16(19)17(2,3)23-14/h8-9,11,15-16,19H,6-7,10H2,1-5H3/t15-,16+/m0/s1. The number of hydrogen-bond acceptors (Lipinski definition) is 5. The zero-order valence-corrected chi connectivity index (χ0v) is 15.8. The number of fused-ring (bicyclic) bond motifs is 1. The number of unbranched alkanes of at least 4 members (excludes halogenated alkanes) is 1. The molecule has 0 radical (unpaired) electrons. The third kappa shape index (κ3) is 3.84. The van der Waals surface area contributed by atoms with E-state index in [1.54, 1.807) is 32.0 Å². The van der Waals surface area contributed by atoms with Gasteiger partial charge in [0.2, 0.25) is 10.0 Å². The molecule has 0 aromatic heterocycles. The van der Waals surface area contributed by atoms with Gasteiger partial charge in [-0.25, -0.2) is 8.42 Å². The lowest BCUT2D eigenvalue weighted by Crippen LogP contribution is -2.53. The number of rotatable bonds is 6. The Morgan fingerprint density at radius 1 is 1.38 bits per heavy atom. The van der Waals surface area contributed by atoms with Crippen molar-refractivity contribution in [2.24, 2.45) is 0 Å². The lowest BCUT2D eigenvalue weighted by Gasteiger charge is -2.44. The summed E-state index contributed by atoms with van der Waals surface area (Å²) in [5.41, 5.74) is -0.287. The van der Waals surface area contributed by atoms with Crippen LogP contribution in [0.1, 0.15) is 45.2 Å². The van der Waals surface area contributed by atoms with Crippen molar-refractivity contribution in [3.05, 3.63) is 23.8 Å². The van der Waals surface area contributed by atoms with Crippen LogP contribution >= 0.6 is 0 Å². The maximum atomic E-state index is 12.0. The largest absolute Gasteiger partial charge is 0.494 e. The van der Waals surface area contributed by atoms with Gasteiger partial charge < -0.3 is 14.6 Å². The summed E-state index contributed by atoms with van der Waals surface area (Å²) in [7, 11) is -2.01. The minimum absolute atomic E-state index is 0.564. The van der Waals surface area contributed by atoms with Crippen LogP contribution in [0.2, 0.25) is 0 Å². The molecule has 0 amide bonds. The fourth-order valence-electron chi connectivity index (χ4n) is 2.77. The van der Waals surface area contributed by atoms with Crippen LogP contribution in [0.25, 0.3) is 0 Å². The van der Waals surface area contributed by atoms with Crippen molar-refractivity contribution in [3.63, 3.8) is 0 Å². The molecule has 0 unspecified atom stereocenters. The molecule has 1 N–H and O–H groups in total. The van der Waals surface area contributed by atoms with E-state index in [1.165, 1.54) is 11.4 Å². The smallest absolute Gasteiger partial charge is 0.211 e. The predicted octanol–water partition coefficient (Wildman–Crippen LogP) is 2.33. The average Bonchev–Trinajstić information content (AvgIpc) is 2.47. The summed E-state index contributed by atoms with van der Waals surface area (Å²) in [5, 5.41) is 10.7. The summed E-state index contributed by atoms with van der Waals surface area (Å²) in [5.74, 6) is 1.21. The normalized spacial score (nSPS) is 22.8. The summed E-state index contributed by atoms with van der Waals surface area (Å²) in [6.07, 6.45) is 2.09. The molecule has 1 aromatic rings. The van der Waals surface area contributed by atoms with Gasteiger partial charge in [-0.3, -0.25) is 0 Å². The number of hydrogen-bond donors (Lipinski definition) is 1. The first-order chi connectivity index (χ1) is 11.1. The fraction of sp³-hybridized carbons (Fsp3) is 0.647. The van der Waals surface area contributed by atoms with Crippen LogP contribution in [0, 0.1) is 0 Å². The summed E-state index contributed by atoms with van der Waals surface area (Å²) in [6, 6.07) is 4.61. The molecule has 0 aliphatic carbocycles. The molecule has 2 rings (SSSR count). The van der Waals surface area contributed by atoms with Gasteiger partial charge in [0.15, 0.2) is 0 Å². The van der Waals surface area contributed by atoms with Gasteiger partial charge in [0.05, 0.1) is 18.9 Å². The molecule has 0 fully saturated rings. The Hall–Kier alpha value is -1.31. The molecule has 1 aliphatic heterocycles. The van der Waals surface area contributed by atoms with E-state index < -0.39 is 27.8 Å². The summed E-state index contributed by atoms with van der Waals surface area (Å²) in [4.78, 5) is 0. The van der Waals surface area contributed by atoms with Crippen molar-refractivity contribution >= 4 is 10.0 Å². The maximum Gasteiger partial charge on any atom is 0.211 e. The Morgan fingerprint density at radius 3 is 2.62 bits per heavy atom. The minimum atomic E-state index is -3.49. The van der Waals surface area contributed by atoms with E-state index in [-0.39, 0.29) is 0 Å². The van der Waals surface area contributed by atoms with Gasteiger partial charge in [-0.2, -0.15) is 4.31 Å². The number of likely N-dealkylation sites (N-methyl/N-ethyl adjacent to an activating group) is 1. The van der Waals surface area contributed by atoms with E-state index in [0.717, 1.165) is 19.1 Å². The van der Waals surface area contributed by atoms with Crippen LogP contribution < -0.4 is 9.47 Å². The van der Waals surface area contributed by atoms with Gasteiger partial charge in [-0.15, -0.1) is 0 Å². The Morgan fingerprint density at radius 2 is 2.04 bits per heavy atom. The Kier molecular flexibility index (Phi) is 5.47. The first-order valence-electron chi connectivity index (χ1n) is 8.14. The molecule has 1 aromatic carbocycles. The molecule has 1 aliphatic rings. The zero-order valence-electron chi connectivity index (χ0n) is 14.9. The molecule has 0 spiro atoms. The van der Waals surface area contributed by atoms with E-state index in [4.69, 9.17) is 9.47 Å². The van der Waals surface area contributed by atoms with Gasteiger partial charge in [-0.1, -0.05) is 13.3 Å². The second-order valence-corrected chi connectivity index (χ2v) is 8.82. The lowest BCUT2D eigenvalue weighted by molar-refractivity contribution is -0.0763. The van der Waals surface area contributed by atoms with Gasteiger partial charge in [0.1, 0.15) is 23.2 Å². The van der Waals surface area contributed by atoms with Crippen LogP contribution in [0.4, 0.5) is 0 Å². The fourth-order valence-corrected chi connectivity index (χ4v) is 3.41. The molecular weight excluding hydrogens is 330 g/mol. The minimum Gasteiger partial charge on any atom is -0.494 e. The number of ether oxygens (including phenoxy) is 2. The van der Waals surface area contributed by atoms with Gasteiger partial charge >= 0.3 is 0 Å². The van der Waals surface area contributed by atoms with Crippen LogP contribution in [0.15, 0.2) is 18.2 Å². The maximum absolute atomic E-state index is 12.0. The zero-order chi connectivity index (χ0) is 18.1. The van der Waals surface area contributed by atoms with Gasteiger partial charge in [0.25, 0.3) is 0 Å². The van der Waals surface area contributed by atoms with E-state index >= 15 is 0 Å². The molecule has 0 bridgehead atoms. The Labute approximate surface area is 144 Å². The topological polar surface area (TPSA) is 76.1 Å². The number of nitrogens with zero attached hydrogens (tertiary/aromatic N) is 1. The van der Waals surface area contributed by atoms with Crippen molar-refractivity contribution in [1.82, 2.24) is 4.31 Å². The van der Waals surface area contributed by atoms with Gasteiger partial charge in [-0.05, 0) is 38.5 Å². The third-order valence-electron chi connectivity index (χ3n) is 4.37. The first-order valence-corrected chi connectivity index (χ1v) is 9.99. The molecule has 1 heterocycles. The van der Waals surface area contributed by atoms with Crippen molar-refractivity contribution in [1.29, 1.82) is 0 Å². The van der Waals surface area contributed by atoms with Crippen molar-refractivity contribution in [2.75, 3.05) is 19.9 Å². The Balaban J connectivity index is 2.45. The molecule has 0 saturated heterocycles. The van der Waals surface area contributed by atoms with Crippen LogP contribution in [-0.2, 0) is 10.0 Å². The molecule has 2 atom stereocenters. The molecule has 6 nitrogen and oxygen atoms in total. The predicted molar refractivity (Wildman–Crippen MR) is 92.9 cm³/mol. The molecule has 24 heavy (non-hydrogen) atoms. The number of aliphatic hydroxyl groups excluding tert-OH is 1. The van der Waals surface area contributed by atoms with E-state index in [9.17, 15) is 13.5 Å². The summed E-state index contributed by atoms with van der Waals surface area (Å²) in [6.45, 7) is 6.17. The van der Waals surface area contributed by atoms with E-state index in [2.05, 4.69) is 6.92 Å². The highest BCUT2D eigenvalue weighted by molar-refractivity contribution is 7.88. The van der Waals surface area contributed by atoms with E-state index in [1.807, 2.05) is 0 Å². The highest BCUT2D eigenvalue weighted by Gasteiger charge is 2.46. The SMILES string of the molecule is CCCCOc1ccc2c(c1)[C@H](N(C)S(C)(=O)=O)[C@@H](O)C(C)(C)O2. The monoisotopic (exact) mass is 357 g/mol. The second-order valence-electron chi connectivity index (χ2n) is 6.78. The number of aliphatic hydroxyl groups is 1. The molecule has 136 valence electrons. The van der Waals surface area contributed by atoms with Crippen molar-refractivity contribution in [2.45, 2.75) is 51.4 Å². The van der Waals surface area contributed by atoms with Crippen molar-refractivity contribution in [3.8, 4) is 11.5 Å². The van der Waals surface area contributed by atoms with Crippen LogP contribution in [0.3, 0.4) is 0 Å². The third-order valence-corrected chi connectivity index (χ3v) is 5.64. The van der Waals surface area contributed by atoms with E-state index in [0.29, 0.717) is 23.7 Å². The quantitative estimate of drug-likeness (QED) is 0.791. The second kappa shape index (κ2) is 6.90. The summed E-state index contributed by atoms with van der Waals surface area (Å²) >= 11 is 0. The van der Waals surface area contributed by atoms with Crippen LogP contribution in [0.5, 0.6) is 11.5 Å². The molecular formula is C17H27NO5S. The molecule has 0 saturated carbocycles. The lowest BCUT2D eigenvalue weighted by atomic mass is 9.86. The van der Waals surface area contributed by atoms with Gasteiger partial charge in [0, 0.05) is 12.6 Å². The highest BCUT2D eigenvalue weighted by atomic mass is 32.2. The molecule has 7 heteroatoms. The Bertz CT molecular complexity index is 686. The average molecular weight is 357 g/mol. The van der Waals surface area contributed by atoms with Crippen LogP contribution in [-0.4, -0.2) is 49.4 Å². The highest BCUT2D eigenvalue weighted by Crippen LogP contribution is 2.44. The first kappa shape index (κ1) is 19.0. The van der Waals surface area contributed by atoms with Crippen molar-refractivity contribution < 1.29 is 23.0 Å². The number of sulfonamides is 1. The summed E-state index contributed by atoms with van der Waals surface area (Å²) < 4.78 is 36.8.